The highest BCUT2D eigenvalue weighted by Gasteiger charge is 2.51. The summed E-state index contributed by atoms with van der Waals surface area (Å²) in [6, 6.07) is 1.27. The summed E-state index contributed by atoms with van der Waals surface area (Å²) < 4.78 is 1.67. The van der Waals surface area contributed by atoms with Gasteiger partial charge in [-0.25, -0.2) is 4.79 Å². The SMILES string of the molecule is Cn1ccc(CNC(=O)NC2C3CCC(C3)C2C(=O)O)n1. The fraction of sp³-hybridized carbons (Fsp3) is 0.643. The average molecular weight is 292 g/mol. The molecule has 0 radical (unpaired) electrons. The molecule has 3 rings (SSSR count). The number of hydrogen-bond acceptors (Lipinski definition) is 3. The second-order valence-corrected chi connectivity index (χ2v) is 6.03. The highest BCUT2D eigenvalue weighted by atomic mass is 16.4. The molecule has 2 aliphatic rings. The Morgan fingerprint density at radius 1 is 1.43 bits per heavy atom. The molecule has 3 N–H and O–H groups in total. The van der Waals surface area contributed by atoms with Crippen LogP contribution in [0.25, 0.3) is 0 Å². The van der Waals surface area contributed by atoms with E-state index in [1.54, 1.807) is 4.68 Å². The molecule has 0 saturated heterocycles. The molecule has 2 aliphatic carbocycles. The van der Waals surface area contributed by atoms with E-state index >= 15 is 0 Å². The van der Waals surface area contributed by atoms with Crippen molar-refractivity contribution in [1.29, 1.82) is 0 Å². The Bertz CT molecular complexity index is 556. The Balaban J connectivity index is 1.55. The van der Waals surface area contributed by atoms with Crippen LogP contribution in [0.2, 0.25) is 0 Å². The quantitative estimate of drug-likeness (QED) is 0.762. The lowest BCUT2D eigenvalue weighted by Gasteiger charge is -2.28. The van der Waals surface area contributed by atoms with Crippen molar-refractivity contribution in [2.45, 2.75) is 31.8 Å². The minimum absolute atomic E-state index is 0.216. The number of carbonyl (C=O) groups excluding carboxylic acids is 1. The third kappa shape index (κ3) is 2.72. The zero-order valence-corrected chi connectivity index (χ0v) is 12.0. The van der Waals surface area contributed by atoms with Gasteiger partial charge in [0.15, 0.2) is 0 Å². The zero-order chi connectivity index (χ0) is 15.0. The number of urea groups is 1. The lowest BCUT2D eigenvalue weighted by molar-refractivity contribution is -0.144. The Hall–Kier alpha value is -2.05. The van der Waals surface area contributed by atoms with Crippen LogP contribution < -0.4 is 10.6 Å². The van der Waals surface area contributed by atoms with Gasteiger partial charge in [-0.15, -0.1) is 0 Å². The summed E-state index contributed by atoms with van der Waals surface area (Å²) in [5, 5.41) is 19.1. The molecular formula is C14H20N4O3. The number of hydrogen-bond donors (Lipinski definition) is 3. The molecule has 0 aliphatic heterocycles. The van der Waals surface area contributed by atoms with E-state index in [1.165, 1.54) is 0 Å². The number of fused-ring (bicyclic) bond motifs is 2. The minimum Gasteiger partial charge on any atom is -0.481 e. The topological polar surface area (TPSA) is 96.2 Å². The van der Waals surface area contributed by atoms with Crippen LogP contribution in [0, 0.1) is 17.8 Å². The summed E-state index contributed by atoms with van der Waals surface area (Å²) in [4.78, 5) is 23.4. The smallest absolute Gasteiger partial charge is 0.315 e. The molecule has 0 spiro atoms. The van der Waals surface area contributed by atoms with Gasteiger partial charge in [0, 0.05) is 19.3 Å². The monoisotopic (exact) mass is 292 g/mol. The number of amides is 2. The van der Waals surface area contributed by atoms with Gasteiger partial charge < -0.3 is 15.7 Å². The first kappa shape index (κ1) is 13.9. The highest BCUT2D eigenvalue weighted by molar-refractivity contribution is 5.77. The van der Waals surface area contributed by atoms with Crippen molar-refractivity contribution >= 4 is 12.0 Å². The minimum atomic E-state index is -0.794. The van der Waals surface area contributed by atoms with Gasteiger partial charge in [-0.05, 0) is 37.2 Å². The average Bonchev–Trinajstić information content (AvgIpc) is 3.11. The predicted molar refractivity (Wildman–Crippen MR) is 74.3 cm³/mol. The number of carboxylic acids is 1. The fourth-order valence-electron chi connectivity index (χ4n) is 3.79. The molecule has 1 aromatic rings. The van der Waals surface area contributed by atoms with Gasteiger partial charge in [-0.2, -0.15) is 5.10 Å². The number of carbonyl (C=O) groups is 2. The Kier molecular flexibility index (Phi) is 3.57. The van der Waals surface area contributed by atoms with E-state index in [4.69, 9.17) is 0 Å². The van der Waals surface area contributed by atoms with Crippen LogP contribution in [0.15, 0.2) is 12.3 Å². The maximum absolute atomic E-state index is 12.0. The van der Waals surface area contributed by atoms with E-state index in [0.717, 1.165) is 25.0 Å². The van der Waals surface area contributed by atoms with Gasteiger partial charge in [0.25, 0.3) is 0 Å². The first-order chi connectivity index (χ1) is 10.0. The number of aryl methyl sites for hydroxylation is 1. The van der Waals surface area contributed by atoms with Gasteiger partial charge in [0.05, 0.1) is 18.2 Å². The van der Waals surface area contributed by atoms with Crippen molar-refractivity contribution in [2.75, 3.05) is 0 Å². The van der Waals surface area contributed by atoms with Crippen molar-refractivity contribution < 1.29 is 14.7 Å². The number of nitrogens with zero attached hydrogens (tertiary/aromatic N) is 2. The first-order valence-electron chi connectivity index (χ1n) is 7.30. The van der Waals surface area contributed by atoms with E-state index < -0.39 is 11.9 Å². The fourth-order valence-corrected chi connectivity index (χ4v) is 3.79. The van der Waals surface area contributed by atoms with E-state index in [2.05, 4.69) is 15.7 Å². The Morgan fingerprint density at radius 3 is 2.86 bits per heavy atom. The van der Waals surface area contributed by atoms with Crippen molar-refractivity contribution in [3.63, 3.8) is 0 Å². The second kappa shape index (κ2) is 5.38. The molecule has 1 aromatic heterocycles. The summed E-state index contributed by atoms with van der Waals surface area (Å²) in [7, 11) is 1.82. The van der Waals surface area contributed by atoms with Gasteiger partial charge >= 0.3 is 12.0 Å². The molecule has 114 valence electrons. The molecule has 7 heteroatoms. The number of aromatic nitrogens is 2. The lowest BCUT2D eigenvalue weighted by atomic mass is 9.84. The van der Waals surface area contributed by atoms with Crippen molar-refractivity contribution in [3.05, 3.63) is 18.0 Å². The van der Waals surface area contributed by atoms with Crippen LogP contribution in [0.1, 0.15) is 25.0 Å². The van der Waals surface area contributed by atoms with Gasteiger partial charge in [-0.1, -0.05) is 0 Å². The molecule has 2 bridgehead atoms. The largest absolute Gasteiger partial charge is 0.481 e. The molecule has 21 heavy (non-hydrogen) atoms. The van der Waals surface area contributed by atoms with Crippen LogP contribution in [0.3, 0.4) is 0 Å². The number of rotatable bonds is 4. The number of carboxylic acid groups (broad SMARTS) is 1. The maximum Gasteiger partial charge on any atom is 0.315 e. The lowest BCUT2D eigenvalue weighted by Crippen LogP contribution is -2.50. The normalized spacial score (nSPS) is 30.3. The zero-order valence-electron chi connectivity index (χ0n) is 12.0. The summed E-state index contributed by atoms with van der Waals surface area (Å²) in [6.07, 6.45) is 4.71. The Morgan fingerprint density at radius 2 is 2.19 bits per heavy atom. The van der Waals surface area contributed by atoms with Gasteiger partial charge in [0.2, 0.25) is 0 Å². The van der Waals surface area contributed by atoms with Gasteiger partial charge in [0.1, 0.15) is 0 Å². The van der Waals surface area contributed by atoms with Crippen LogP contribution in [-0.2, 0) is 18.4 Å². The third-order valence-corrected chi connectivity index (χ3v) is 4.70. The van der Waals surface area contributed by atoms with Gasteiger partial charge in [-0.3, -0.25) is 9.48 Å². The molecule has 2 saturated carbocycles. The second-order valence-electron chi connectivity index (χ2n) is 6.03. The van der Waals surface area contributed by atoms with Crippen molar-refractivity contribution in [2.24, 2.45) is 24.8 Å². The molecule has 7 nitrogen and oxygen atoms in total. The number of aliphatic carboxylic acids is 1. The highest BCUT2D eigenvalue weighted by Crippen LogP contribution is 2.48. The first-order valence-corrected chi connectivity index (χ1v) is 7.30. The van der Waals surface area contributed by atoms with Crippen LogP contribution in [0.4, 0.5) is 4.79 Å². The third-order valence-electron chi connectivity index (χ3n) is 4.70. The molecular weight excluding hydrogens is 272 g/mol. The summed E-state index contributed by atoms with van der Waals surface area (Å²) in [6.45, 7) is 0.339. The summed E-state index contributed by atoms with van der Waals surface area (Å²) in [5.41, 5.74) is 0.773. The van der Waals surface area contributed by atoms with E-state index in [0.29, 0.717) is 12.5 Å². The number of nitrogens with one attached hydrogen (secondary N) is 2. The van der Waals surface area contributed by atoms with Crippen LogP contribution in [0.5, 0.6) is 0 Å². The summed E-state index contributed by atoms with van der Waals surface area (Å²) >= 11 is 0. The van der Waals surface area contributed by atoms with E-state index in [1.807, 2.05) is 19.3 Å². The molecule has 2 amide bonds. The standard InChI is InChI=1S/C14H20N4O3/c1-18-5-4-10(17-18)7-15-14(21)16-12-9-3-2-8(6-9)11(12)13(19)20/h4-5,8-9,11-12H,2-3,6-7H2,1H3,(H,19,20)(H2,15,16,21). The molecule has 4 unspecified atom stereocenters. The van der Waals surface area contributed by atoms with E-state index in [-0.39, 0.29) is 18.0 Å². The molecule has 2 fully saturated rings. The van der Waals surface area contributed by atoms with E-state index in [9.17, 15) is 14.7 Å². The maximum atomic E-state index is 12.0. The summed E-state index contributed by atoms with van der Waals surface area (Å²) in [5.74, 6) is -0.716. The van der Waals surface area contributed by atoms with Crippen LogP contribution in [-0.4, -0.2) is 32.9 Å². The predicted octanol–water partition coefficient (Wildman–Crippen LogP) is 0.719. The molecule has 1 heterocycles. The molecule has 0 aromatic carbocycles. The van der Waals surface area contributed by atoms with Crippen molar-refractivity contribution in [3.8, 4) is 0 Å². The Labute approximate surface area is 122 Å². The van der Waals surface area contributed by atoms with Crippen molar-refractivity contribution in [1.82, 2.24) is 20.4 Å². The molecule has 4 atom stereocenters. The van der Waals surface area contributed by atoms with Crippen LogP contribution >= 0.6 is 0 Å².